The molecule has 0 fully saturated rings. The predicted octanol–water partition coefficient (Wildman–Crippen LogP) is 2.88. The lowest BCUT2D eigenvalue weighted by Gasteiger charge is -2.10. The van der Waals surface area contributed by atoms with Crippen molar-refractivity contribution in [3.8, 4) is 17.2 Å². The van der Waals surface area contributed by atoms with E-state index in [4.69, 9.17) is 9.47 Å². The quantitative estimate of drug-likeness (QED) is 0.769. The molecule has 2 N–H and O–H groups in total. The van der Waals surface area contributed by atoms with Crippen LogP contribution in [0.25, 0.3) is 0 Å². The molecule has 0 unspecified atom stereocenters. The largest absolute Gasteiger partial charge is 0.507 e. The van der Waals surface area contributed by atoms with Gasteiger partial charge in [-0.3, -0.25) is 0 Å². The number of nitrogens with one attached hydrogen (secondary N) is 1. The van der Waals surface area contributed by atoms with Crippen molar-refractivity contribution in [3.05, 3.63) is 53.6 Å². The Morgan fingerprint density at radius 2 is 1.95 bits per heavy atom. The lowest BCUT2D eigenvalue weighted by molar-refractivity contribution is 0.313. The highest BCUT2D eigenvalue weighted by atomic mass is 16.5. The first-order valence-corrected chi connectivity index (χ1v) is 6.95. The van der Waals surface area contributed by atoms with Crippen LogP contribution in [-0.2, 0) is 6.54 Å². The van der Waals surface area contributed by atoms with E-state index in [9.17, 15) is 5.11 Å². The van der Waals surface area contributed by atoms with Crippen LogP contribution < -0.4 is 14.8 Å². The molecule has 0 bridgehead atoms. The van der Waals surface area contributed by atoms with E-state index in [1.165, 1.54) is 5.56 Å². The Bertz CT molecular complexity index is 584. The summed E-state index contributed by atoms with van der Waals surface area (Å²) in [6, 6.07) is 13.3. The zero-order chi connectivity index (χ0) is 15.1. The van der Waals surface area contributed by atoms with E-state index >= 15 is 0 Å². The smallest absolute Gasteiger partial charge is 0.123 e. The molecule has 0 spiro atoms. The van der Waals surface area contributed by atoms with Crippen molar-refractivity contribution in [1.82, 2.24) is 5.32 Å². The molecule has 0 aliphatic carbocycles. The number of aromatic hydroxyl groups is 1. The molecule has 112 valence electrons. The van der Waals surface area contributed by atoms with Gasteiger partial charge in [-0.2, -0.15) is 0 Å². The molecular formula is C17H21NO3. The SMILES string of the molecule is COc1ccc(CNCCOc2cccc(C)c2)c(O)c1. The zero-order valence-corrected chi connectivity index (χ0v) is 12.4. The lowest BCUT2D eigenvalue weighted by Crippen LogP contribution is -2.20. The van der Waals surface area contributed by atoms with Crippen molar-refractivity contribution >= 4 is 0 Å². The number of aryl methyl sites for hydroxylation is 1. The van der Waals surface area contributed by atoms with Crippen molar-refractivity contribution < 1.29 is 14.6 Å². The third-order valence-corrected chi connectivity index (χ3v) is 3.15. The number of phenols is 1. The number of hydrogen-bond acceptors (Lipinski definition) is 4. The van der Waals surface area contributed by atoms with E-state index in [0.717, 1.165) is 11.3 Å². The summed E-state index contributed by atoms with van der Waals surface area (Å²) >= 11 is 0. The highest BCUT2D eigenvalue weighted by Gasteiger charge is 2.02. The highest BCUT2D eigenvalue weighted by Crippen LogP contribution is 2.23. The average molecular weight is 287 g/mol. The molecule has 21 heavy (non-hydrogen) atoms. The Balaban J connectivity index is 1.72. The van der Waals surface area contributed by atoms with Crippen molar-refractivity contribution in [2.75, 3.05) is 20.3 Å². The van der Waals surface area contributed by atoms with E-state index in [0.29, 0.717) is 25.4 Å². The molecule has 0 aromatic heterocycles. The van der Waals surface area contributed by atoms with Gasteiger partial charge in [-0.05, 0) is 30.7 Å². The lowest BCUT2D eigenvalue weighted by atomic mass is 10.2. The van der Waals surface area contributed by atoms with E-state index in [1.54, 1.807) is 13.2 Å². The minimum Gasteiger partial charge on any atom is -0.507 e. The Morgan fingerprint density at radius 1 is 1.10 bits per heavy atom. The van der Waals surface area contributed by atoms with Crippen LogP contribution in [0, 0.1) is 6.92 Å². The predicted molar refractivity (Wildman–Crippen MR) is 83.0 cm³/mol. The monoisotopic (exact) mass is 287 g/mol. The van der Waals surface area contributed by atoms with Crippen LogP contribution in [0.1, 0.15) is 11.1 Å². The maximum Gasteiger partial charge on any atom is 0.123 e. The van der Waals surface area contributed by atoms with E-state index < -0.39 is 0 Å². The number of rotatable bonds is 7. The Hall–Kier alpha value is -2.20. The maximum atomic E-state index is 9.84. The van der Waals surface area contributed by atoms with Crippen molar-refractivity contribution in [2.24, 2.45) is 0 Å². The van der Waals surface area contributed by atoms with E-state index in [2.05, 4.69) is 5.32 Å². The highest BCUT2D eigenvalue weighted by molar-refractivity contribution is 5.39. The van der Waals surface area contributed by atoms with Gasteiger partial charge in [0, 0.05) is 24.7 Å². The standard InChI is InChI=1S/C17H21NO3/c1-13-4-3-5-16(10-13)21-9-8-18-12-14-6-7-15(20-2)11-17(14)19/h3-7,10-11,18-19H,8-9,12H2,1-2H3. The number of benzene rings is 2. The van der Waals surface area contributed by atoms with Gasteiger partial charge < -0.3 is 19.9 Å². The molecule has 0 aliphatic heterocycles. The Kier molecular flexibility index (Phi) is 5.46. The summed E-state index contributed by atoms with van der Waals surface area (Å²) in [4.78, 5) is 0. The molecule has 0 heterocycles. The normalized spacial score (nSPS) is 10.4. The van der Waals surface area contributed by atoms with Crippen molar-refractivity contribution in [2.45, 2.75) is 13.5 Å². The van der Waals surface area contributed by atoms with Crippen LogP contribution in [0.5, 0.6) is 17.2 Å². The molecule has 0 saturated heterocycles. The number of ether oxygens (including phenoxy) is 2. The van der Waals surface area contributed by atoms with Gasteiger partial charge in [0.2, 0.25) is 0 Å². The molecule has 0 saturated carbocycles. The molecule has 2 aromatic carbocycles. The van der Waals surface area contributed by atoms with Crippen LogP contribution in [0.4, 0.5) is 0 Å². The summed E-state index contributed by atoms with van der Waals surface area (Å²) in [6.07, 6.45) is 0. The molecule has 0 aliphatic rings. The summed E-state index contributed by atoms with van der Waals surface area (Å²) in [7, 11) is 1.58. The van der Waals surface area contributed by atoms with Gasteiger partial charge in [-0.15, -0.1) is 0 Å². The molecule has 0 atom stereocenters. The molecule has 4 heteroatoms. The van der Waals surface area contributed by atoms with Gasteiger partial charge in [0.15, 0.2) is 0 Å². The second-order valence-corrected chi connectivity index (χ2v) is 4.84. The van der Waals surface area contributed by atoms with Crippen molar-refractivity contribution in [3.63, 3.8) is 0 Å². The van der Waals surface area contributed by atoms with Gasteiger partial charge in [0.25, 0.3) is 0 Å². The Labute approximate surface area is 125 Å². The van der Waals surface area contributed by atoms with Crippen LogP contribution in [0.15, 0.2) is 42.5 Å². The number of phenolic OH excluding ortho intramolecular Hbond substituents is 1. The van der Waals surface area contributed by atoms with E-state index in [-0.39, 0.29) is 5.75 Å². The van der Waals surface area contributed by atoms with Crippen LogP contribution in [0.2, 0.25) is 0 Å². The second kappa shape index (κ2) is 7.55. The third-order valence-electron chi connectivity index (χ3n) is 3.15. The summed E-state index contributed by atoms with van der Waals surface area (Å²) in [5.41, 5.74) is 2.02. The molecular weight excluding hydrogens is 266 g/mol. The minimum absolute atomic E-state index is 0.237. The van der Waals surface area contributed by atoms with Crippen LogP contribution in [-0.4, -0.2) is 25.4 Å². The fourth-order valence-corrected chi connectivity index (χ4v) is 1.99. The minimum atomic E-state index is 0.237. The summed E-state index contributed by atoms with van der Waals surface area (Å²) in [5.74, 6) is 1.77. The molecule has 4 nitrogen and oxygen atoms in total. The molecule has 2 rings (SSSR count). The topological polar surface area (TPSA) is 50.7 Å². The maximum absolute atomic E-state index is 9.84. The van der Waals surface area contributed by atoms with E-state index in [1.807, 2.05) is 43.3 Å². The number of hydrogen-bond donors (Lipinski definition) is 2. The van der Waals surface area contributed by atoms with Gasteiger partial charge in [-0.25, -0.2) is 0 Å². The van der Waals surface area contributed by atoms with Gasteiger partial charge in [-0.1, -0.05) is 18.2 Å². The summed E-state index contributed by atoms with van der Waals surface area (Å²) < 4.78 is 10.7. The molecule has 0 radical (unpaired) electrons. The second-order valence-electron chi connectivity index (χ2n) is 4.84. The average Bonchev–Trinajstić information content (AvgIpc) is 2.48. The first-order chi connectivity index (χ1) is 10.2. The zero-order valence-electron chi connectivity index (χ0n) is 12.4. The third kappa shape index (κ3) is 4.68. The first kappa shape index (κ1) is 15.2. The van der Waals surface area contributed by atoms with Crippen molar-refractivity contribution in [1.29, 1.82) is 0 Å². The number of methoxy groups -OCH3 is 1. The molecule has 0 amide bonds. The van der Waals surface area contributed by atoms with Crippen LogP contribution >= 0.6 is 0 Å². The van der Waals surface area contributed by atoms with Gasteiger partial charge in [0.1, 0.15) is 23.9 Å². The molecule has 2 aromatic rings. The van der Waals surface area contributed by atoms with Gasteiger partial charge in [0.05, 0.1) is 7.11 Å². The van der Waals surface area contributed by atoms with Crippen LogP contribution in [0.3, 0.4) is 0 Å². The fraction of sp³-hybridized carbons (Fsp3) is 0.294. The summed E-state index contributed by atoms with van der Waals surface area (Å²) in [6.45, 7) is 3.92. The Morgan fingerprint density at radius 3 is 2.67 bits per heavy atom. The summed E-state index contributed by atoms with van der Waals surface area (Å²) in [5, 5.41) is 13.1. The first-order valence-electron chi connectivity index (χ1n) is 6.95. The van der Waals surface area contributed by atoms with Gasteiger partial charge >= 0.3 is 0 Å². The fourth-order valence-electron chi connectivity index (χ4n) is 1.99.